The van der Waals surface area contributed by atoms with Crippen LogP contribution in [-0.2, 0) is 0 Å². The van der Waals surface area contributed by atoms with Crippen molar-refractivity contribution < 1.29 is 9.59 Å². The van der Waals surface area contributed by atoms with Gasteiger partial charge in [0.2, 0.25) is 0 Å². The van der Waals surface area contributed by atoms with Gasteiger partial charge in [0.25, 0.3) is 11.8 Å². The average Bonchev–Trinajstić information content (AvgIpc) is 2.40. The fourth-order valence-electron chi connectivity index (χ4n) is 1.45. The lowest BCUT2D eigenvalue weighted by Crippen LogP contribution is -2.30. The van der Waals surface area contributed by atoms with E-state index >= 15 is 0 Å². The van der Waals surface area contributed by atoms with E-state index in [4.69, 9.17) is 0 Å². The van der Waals surface area contributed by atoms with Crippen molar-refractivity contribution in [3.8, 4) is 0 Å². The first-order chi connectivity index (χ1) is 9.06. The van der Waals surface area contributed by atoms with Crippen LogP contribution in [0.15, 0.2) is 48.5 Å². The highest BCUT2D eigenvalue weighted by atomic mass is 127. The van der Waals surface area contributed by atoms with Crippen LogP contribution < -0.4 is 5.32 Å². The quantitative estimate of drug-likeness (QED) is 0.533. The molecule has 1 N–H and O–H groups in total. The van der Waals surface area contributed by atoms with Gasteiger partial charge in [-0.15, -0.1) is 0 Å². The third kappa shape index (κ3) is 4.00. The normalized spacial score (nSPS) is 10.0. The van der Waals surface area contributed by atoms with Crippen molar-refractivity contribution in [1.82, 2.24) is 5.32 Å². The molecule has 19 heavy (non-hydrogen) atoms. The lowest BCUT2D eigenvalue weighted by atomic mass is 10.2. The monoisotopic (exact) mass is 477 g/mol. The molecule has 2 aromatic carbocycles. The topological polar surface area (TPSA) is 46.2 Å². The van der Waals surface area contributed by atoms with Gasteiger partial charge in [-0.25, -0.2) is 0 Å². The summed E-state index contributed by atoms with van der Waals surface area (Å²) in [5.74, 6) is -0.778. The molecule has 0 fully saturated rings. The Balaban J connectivity index is 2.08. The number of nitrogens with one attached hydrogen (secondary N) is 1. The zero-order chi connectivity index (χ0) is 13.8. The maximum Gasteiger partial charge on any atom is 0.258 e. The molecule has 5 heteroatoms. The second kappa shape index (κ2) is 6.47. The van der Waals surface area contributed by atoms with Gasteiger partial charge in [0.1, 0.15) is 0 Å². The number of imide groups is 1. The van der Waals surface area contributed by atoms with Crippen molar-refractivity contribution in [2.75, 3.05) is 0 Å². The van der Waals surface area contributed by atoms with Crippen LogP contribution in [0.4, 0.5) is 0 Å². The van der Waals surface area contributed by atoms with Gasteiger partial charge in [-0.2, -0.15) is 0 Å². The molecule has 0 bridgehead atoms. The van der Waals surface area contributed by atoms with Crippen LogP contribution in [0.3, 0.4) is 0 Å². The number of hydrogen-bond donors (Lipinski definition) is 1. The molecule has 96 valence electrons. The van der Waals surface area contributed by atoms with Crippen LogP contribution in [0.1, 0.15) is 20.7 Å². The van der Waals surface area contributed by atoms with E-state index in [1.165, 1.54) is 0 Å². The van der Waals surface area contributed by atoms with Crippen molar-refractivity contribution in [1.29, 1.82) is 0 Å². The summed E-state index contributed by atoms with van der Waals surface area (Å²) in [5, 5.41) is 2.37. The Morgan fingerprint density at radius 3 is 1.32 bits per heavy atom. The predicted molar refractivity (Wildman–Crippen MR) is 90.1 cm³/mol. The molecule has 2 amide bonds. The molecule has 0 spiro atoms. The summed E-state index contributed by atoms with van der Waals surface area (Å²) < 4.78 is 2.08. The van der Waals surface area contributed by atoms with Crippen LogP contribution in [0.25, 0.3) is 0 Å². The first-order valence-corrected chi connectivity index (χ1v) is 7.59. The summed E-state index contributed by atoms with van der Waals surface area (Å²) in [6.07, 6.45) is 0. The average molecular weight is 477 g/mol. The number of benzene rings is 2. The predicted octanol–water partition coefficient (Wildman–Crippen LogP) is 3.47. The summed E-state index contributed by atoms with van der Waals surface area (Å²) in [6, 6.07) is 14.1. The van der Waals surface area contributed by atoms with Crippen molar-refractivity contribution in [3.05, 3.63) is 66.8 Å². The molecule has 2 rings (SSSR count). The molecule has 0 saturated carbocycles. The molecule has 2 aromatic rings. The van der Waals surface area contributed by atoms with E-state index in [-0.39, 0.29) is 11.8 Å². The van der Waals surface area contributed by atoms with Gasteiger partial charge in [0.05, 0.1) is 0 Å². The first-order valence-electron chi connectivity index (χ1n) is 5.43. The minimum absolute atomic E-state index is 0.389. The Morgan fingerprint density at radius 1 is 0.684 bits per heavy atom. The van der Waals surface area contributed by atoms with Gasteiger partial charge in [-0.05, 0) is 93.7 Å². The molecular formula is C14H9I2NO2. The molecule has 0 aliphatic heterocycles. The smallest absolute Gasteiger partial charge is 0.258 e. The number of hydrogen-bond acceptors (Lipinski definition) is 2. The second-order valence-electron chi connectivity index (χ2n) is 3.80. The van der Waals surface area contributed by atoms with Crippen LogP contribution >= 0.6 is 45.2 Å². The standard InChI is InChI=1S/C14H9I2NO2/c15-11-5-1-9(2-6-11)13(18)17-14(19)10-3-7-12(16)8-4-10/h1-8H,(H,17,18,19). The number of carbonyl (C=O) groups excluding carboxylic acids is 2. The first kappa shape index (κ1) is 14.4. The third-order valence-corrected chi connectivity index (χ3v) is 3.88. The van der Waals surface area contributed by atoms with Gasteiger partial charge in [0.15, 0.2) is 0 Å². The maximum absolute atomic E-state index is 11.9. The van der Waals surface area contributed by atoms with Gasteiger partial charge in [0, 0.05) is 18.3 Å². The van der Waals surface area contributed by atoms with Crippen molar-refractivity contribution in [3.63, 3.8) is 0 Å². The summed E-state index contributed by atoms with van der Waals surface area (Å²) in [4.78, 5) is 23.7. The lowest BCUT2D eigenvalue weighted by Gasteiger charge is -2.04. The largest absolute Gasteiger partial charge is 0.288 e. The van der Waals surface area contributed by atoms with Gasteiger partial charge in [-0.3, -0.25) is 14.9 Å². The number of rotatable bonds is 2. The highest BCUT2D eigenvalue weighted by molar-refractivity contribution is 14.1. The molecule has 0 aliphatic carbocycles. The van der Waals surface area contributed by atoms with Gasteiger partial charge < -0.3 is 0 Å². The van der Waals surface area contributed by atoms with Crippen LogP contribution in [0.5, 0.6) is 0 Å². The minimum atomic E-state index is -0.389. The van der Waals surface area contributed by atoms with E-state index in [1.54, 1.807) is 24.3 Å². The highest BCUT2D eigenvalue weighted by Crippen LogP contribution is 2.09. The summed E-state index contributed by atoms with van der Waals surface area (Å²) in [5.41, 5.74) is 0.943. The molecule has 0 saturated heterocycles. The van der Waals surface area contributed by atoms with E-state index in [2.05, 4.69) is 50.5 Å². The van der Waals surface area contributed by atoms with Gasteiger partial charge >= 0.3 is 0 Å². The molecule has 0 unspecified atom stereocenters. The summed E-state index contributed by atoms with van der Waals surface area (Å²) in [6.45, 7) is 0. The third-order valence-electron chi connectivity index (χ3n) is 2.44. The van der Waals surface area contributed by atoms with Crippen molar-refractivity contribution >= 4 is 57.0 Å². The Labute approximate surface area is 138 Å². The molecule has 0 aliphatic rings. The SMILES string of the molecule is O=C(NC(=O)c1ccc(I)cc1)c1ccc(I)cc1. The van der Waals surface area contributed by atoms with Gasteiger partial charge in [-0.1, -0.05) is 0 Å². The fourth-order valence-corrected chi connectivity index (χ4v) is 2.17. The van der Waals surface area contributed by atoms with E-state index in [9.17, 15) is 9.59 Å². The Bertz CT molecular complexity index is 551. The Hall–Kier alpha value is -0.960. The molecule has 3 nitrogen and oxygen atoms in total. The molecule has 0 radical (unpaired) electrons. The second-order valence-corrected chi connectivity index (χ2v) is 6.29. The number of carbonyl (C=O) groups is 2. The molecule has 0 aromatic heterocycles. The maximum atomic E-state index is 11.9. The zero-order valence-corrected chi connectivity index (χ0v) is 14.0. The van der Waals surface area contributed by atoms with Crippen LogP contribution in [0, 0.1) is 7.14 Å². The Morgan fingerprint density at radius 2 is 1.00 bits per heavy atom. The van der Waals surface area contributed by atoms with E-state index in [0.29, 0.717) is 11.1 Å². The van der Waals surface area contributed by atoms with E-state index in [0.717, 1.165) is 7.14 Å². The number of amides is 2. The summed E-state index contributed by atoms with van der Waals surface area (Å²) >= 11 is 4.32. The highest BCUT2D eigenvalue weighted by Gasteiger charge is 2.11. The van der Waals surface area contributed by atoms with Crippen LogP contribution in [-0.4, -0.2) is 11.8 Å². The van der Waals surface area contributed by atoms with E-state index in [1.807, 2.05) is 24.3 Å². The summed E-state index contributed by atoms with van der Waals surface area (Å²) in [7, 11) is 0. The zero-order valence-electron chi connectivity index (χ0n) is 9.69. The minimum Gasteiger partial charge on any atom is -0.288 e. The molecule has 0 heterocycles. The Kier molecular flexibility index (Phi) is 4.92. The number of halogens is 2. The van der Waals surface area contributed by atoms with Crippen molar-refractivity contribution in [2.24, 2.45) is 0 Å². The van der Waals surface area contributed by atoms with Crippen molar-refractivity contribution in [2.45, 2.75) is 0 Å². The fraction of sp³-hybridized carbons (Fsp3) is 0. The van der Waals surface area contributed by atoms with Crippen LogP contribution in [0.2, 0.25) is 0 Å². The lowest BCUT2D eigenvalue weighted by molar-refractivity contribution is 0.0849. The molecule has 0 atom stereocenters. The molecular weight excluding hydrogens is 468 g/mol. The van der Waals surface area contributed by atoms with E-state index < -0.39 is 0 Å².